The number of ether oxygens (including phenoxy) is 2. The molecule has 0 aliphatic rings. The van der Waals surface area contributed by atoms with Crippen LogP contribution in [0.15, 0.2) is 30.3 Å². The molecule has 1 rings (SSSR count). The van der Waals surface area contributed by atoms with Crippen molar-refractivity contribution in [1.29, 1.82) is 0 Å². The van der Waals surface area contributed by atoms with Crippen molar-refractivity contribution in [1.82, 2.24) is 0 Å². The van der Waals surface area contributed by atoms with Crippen molar-refractivity contribution in [2.45, 2.75) is 6.92 Å². The van der Waals surface area contributed by atoms with Crippen molar-refractivity contribution < 1.29 is 24.2 Å². The number of ketones is 1. The number of benzene rings is 1. The molecule has 5 nitrogen and oxygen atoms in total. The van der Waals surface area contributed by atoms with Gasteiger partial charge in [-0.25, -0.2) is 4.79 Å². The fourth-order valence-electron chi connectivity index (χ4n) is 1.22. The Morgan fingerprint density at radius 3 is 2.39 bits per heavy atom. The van der Waals surface area contributed by atoms with E-state index in [9.17, 15) is 14.7 Å². The third-order valence-electron chi connectivity index (χ3n) is 2.11. The van der Waals surface area contributed by atoms with E-state index in [1.54, 1.807) is 19.1 Å². The van der Waals surface area contributed by atoms with Gasteiger partial charge in [0.2, 0.25) is 0 Å². The molecule has 0 saturated heterocycles. The fraction of sp³-hybridized carbons (Fsp3) is 0.231. The number of hydrogen-bond donors (Lipinski definition) is 0. The SMILES string of the molecule is CCOC(=O)C(=O)C=C([O-])c1ccc(OC)cc1. The Morgan fingerprint density at radius 1 is 1.28 bits per heavy atom. The first-order valence-electron chi connectivity index (χ1n) is 5.32. The Morgan fingerprint density at radius 2 is 1.89 bits per heavy atom. The molecule has 1 aromatic rings. The minimum absolute atomic E-state index is 0.0924. The summed E-state index contributed by atoms with van der Waals surface area (Å²) in [4.78, 5) is 22.3. The average molecular weight is 249 g/mol. The molecule has 0 saturated carbocycles. The Kier molecular flexibility index (Phi) is 4.92. The lowest BCUT2D eigenvalue weighted by Crippen LogP contribution is -2.17. The highest BCUT2D eigenvalue weighted by Gasteiger charge is 2.10. The van der Waals surface area contributed by atoms with Crippen LogP contribution < -0.4 is 9.84 Å². The third kappa shape index (κ3) is 3.62. The summed E-state index contributed by atoms with van der Waals surface area (Å²) in [6.45, 7) is 1.67. The lowest BCUT2D eigenvalue weighted by atomic mass is 10.1. The zero-order chi connectivity index (χ0) is 13.5. The summed E-state index contributed by atoms with van der Waals surface area (Å²) >= 11 is 0. The normalized spacial score (nSPS) is 10.9. The van der Waals surface area contributed by atoms with Crippen molar-refractivity contribution >= 4 is 17.5 Å². The summed E-state index contributed by atoms with van der Waals surface area (Å²) in [5.74, 6) is -1.93. The van der Waals surface area contributed by atoms with Gasteiger partial charge < -0.3 is 14.6 Å². The van der Waals surface area contributed by atoms with Crippen LogP contribution in [0.5, 0.6) is 5.75 Å². The van der Waals surface area contributed by atoms with E-state index >= 15 is 0 Å². The minimum atomic E-state index is -1.03. The van der Waals surface area contributed by atoms with Crippen LogP contribution in [0.1, 0.15) is 12.5 Å². The van der Waals surface area contributed by atoms with E-state index in [4.69, 9.17) is 4.74 Å². The van der Waals surface area contributed by atoms with Gasteiger partial charge in [-0.3, -0.25) is 4.79 Å². The molecule has 0 N–H and O–H groups in total. The second-order valence-corrected chi connectivity index (χ2v) is 3.32. The standard InChI is InChI=1S/C13H14O5/c1-3-18-13(16)12(15)8-11(14)9-4-6-10(17-2)7-5-9/h4-8,14H,3H2,1-2H3/p-1. The van der Waals surface area contributed by atoms with Crippen LogP contribution in [0.3, 0.4) is 0 Å². The second kappa shape index (κ2) is 6.44. The van der Waals surface area contributed by atoms with Gasteiger partial charge in [0.05, 0.1) is 13.7 Å². The van der Waals surface area contributed by atoms with Crippen LogP contribution in [-0.4, -0.2) is 25.5 Å². The van der Waals surface area contributed by atoms with Gasteiger partial charge >= 0.3 is 5.97 Å². The quantitative estimate of drug-likeness (QED) is 0.329. The molecule has 0 aliphatic carbocycles. The summed E-state index contributed by atoms with van der Waals surface area (Å²) in [5, 5.41) is 11.6. The molecule has 0 bridgehead atoms. The molecule has 5 heteroatoms. The first kappa shape index (κ1) is 13.8. The van der Waals surface area contributed by atoms with Gasteiger partial charge in [0.1, 0.15) is 5.75 Å². The molecule has 0 radical (unpaired) electrons. The monoisotopic (exact) mass is 249 g/mol. The maximum absolute atomic E-state index is 11.6. The Balaban J connectivity index is 2.81. The molecule has 0 aliphatic heterocycles. The molecule has 96 valence electrons. The smallest absolute Gasteiger partial charge is 0.378 e. The molecule has 0 fully saturated rings. The van der Waals surface area contributed by atoms with Gasteiger partial charge in [-0.1, -0.05) is 17.9 Å². The topological polar surface area (TPSA) is 75.7 Å². The number of carbonyl (C=O) groups excluding carboxylic acids is 2. The second-order valence-electron chi connectivity index (χ2n) is 3.32. The fourth-order valence-corrected chi connectivity index (χ4v) is 1.22. The number of rotatable bonds is 5. The number of carbonyl (C=O) groups is 2. The predicted molar refractivity (Wildman–Crippen MR) is 62.6 cm³/mol. The minimum Gasteiger partial charge on any atom is -0.872 e. The van der Waals surface area contributed by atoms with Crippen molar-refractivity contribution in [3.8, 4) is 5.75 Å². The summed E-state index contributed by atoms with van der Waals surface area (Å²) in [7, 11) is 1.51. The summed E-state index contributed by atoms with van der Waals surface area (Å²) in [5.41, 5.74) is 0.299. The van der Waals surface area contributed by atoms with Crippen molar-refractivity contribution in [2.24, 2.45) is 0 Å². The highest BCUT2D eigenvalue weighted by molar-refractivity contribution is 6.39. The van der Waals surface area contributed by atoms with E-state index in [1.165, 1.54) is 19.2 Å². The van der Waals surface area contributed by atoms with E-state index in [2.05, 4.69) is 4.74 Å². The first-order chi connectivity index (χ1) is 8.58. The van der Waals surface area contributed by atoms with Gasteiger partial charge in [-0.15, -0.1) is 0 Å². The Hall–Kier alpha value is -2.30. The number of methoxy groups -OCH3 is 1. The summed E-state index contributed by atoms with van der Waals surface area (Å²) in [6, 6.07) is 6.21. The van der Waals surface area contributed by atoms with Gasteiger partial charge in [0.15, 0.2) is 0 Å². The Bertz CT molecular complexity index is 459. The van der Waals surface area contributed by atoms with E-state index in [0.29, 0.717) is 11.3 Å². The van der Waals surface area contributed by atoms with E-state index in [0.717, 1.165) is 6.08 Å². The first-order valence-corrected chi connectivity index (χ1v) is 5.32. The molecule has 0 heterocycles. The number of esters is 1. The van der Waals surface area contributed by atoms with Gasteiger partial charge in [-0.2, -0.15) is 0 Å². The Labute approximate surface area is 105 Å². The zero-order valence-corrected chi connectivity index (χ0v) is 10.1. The molecule has 0 amide bonds. The molecular weight excluding hydrogens is 236 g/mol. The van der Waals surface area contributed by atoms with Crippen LogP contribution in [0, 0.1) is 0 Å². The van der Waals surface area contributed by atoms with E-state index in [-0.39, 0.29) is 6.61 Å². The van der Waals surface area contributed by atoms with Crippen LogP contribution in [0.4, 0.5) is 0 Å². The highest BCUT2D eigenvalue weighted by Crippen LogP contribution is 2.15. The summed E-state index contributed by atoms with van der Waals surface area (Å²) < 4.78 is 9.42. The maximum Gasteiger partial charge on any atom is 0.378 e. The molecular formula is C13H13O5-. The van der Waals surface area contributed by atoms with Crippen LogP contribution in [0.2, 0.25) is 0 Å². The van der Waals surface area contributed by atoms with Crippen molar-refractivity contribution in [3.63, 3.8) is 0 Å². The largest absolute Gasteiger partial charge is 0.872 e. The molecule has 0 aromatic heterocycles. The molecule has 18 heavy (non-hydrogen) atoms. The van der Waals surface area contributed by atoms with Crippen LogP contribution in [-0.2, 0) is 14.3 Å². The van der Waals surface area contributed by atoms with E-state index < -0.39 is 17.5 Å². The lowest BCUT2D eigenvalue weighted by Gasteiger charge is -2.12. The molecule has 1 aromatic carbocycles. The number of hydrogen-bond acceptors (Lipinski definition) is 5. The van der Waals surface area contributed by atoms with Crippen molar-refractivity contribution in [2.75, 3.05) is 13.7 Å². The van der Waals surface area contributed by atoms with Gasteiger partial charge in [0.25, 0.3) is 5.78 Å². The molecule has 0 atom stereocenters. The summed E-state index contributed by atoms with van der Waals surface area (Å²) in [6.07, 6.45) is 0.722. The van der Waals surface area contributed by atoms with Gasteiger partial charge in [-0.05, 0) is 30.7 Å². The van der Waals surface area contributed by atoms with Crippen LogP contribution in [0.25, 0.3) is 5.76 Å². The van der Waals surface area contributed by atoms with Crippen LogP contribution >= 0.6 is 0 Å². The predicted octanol–water partition coefficient (Wildman–Crippen LogP) is 0.529. The van der Waals surface area contributed by atoms with Gasteiger partial charge in [0, 0.05) is 0 Å². The molecule has 0 unspecified atom stereocenters. The average Bonchev–Trinajstić information content (AvgIpc) is 2.39. The lowest BCUT2D eigenvalue weighted by molar-refractivity contribution is -0.243. The zero-order valence-electron chi connectivity index (χ0n) is 10.1. The highest BCUT2D eigenvalue weighted by atomic mass is 16.5. The van der Waals surface area contributed by atoms with Crippen molar-refractivity contribution in [3.05, 3.63) is 35.9 Å². The van der Waals surface area contributed by atoms with E-state index in [1.807, 2.05) is 0 Å². The maximum atomic E-state index is 11.6. The molecule has 0 spiro atoms. The third-order valence-corrected chi connectivity index (χ3v) is 2.11.